The van der Waals surface area contributed by atoms with Gasteiger partial charge in [-0.3, -0.25) is 4.99 Å². The molecule has 0 bridgehead atoms. The first-order valence-corrected chi connectivity index (χ1v) is 3.80. The Balaban J connectivity index is 3.82. The molecule has 0 radical (unpaired) electrons. The third-order valence-corrected chi connectivity index (χ3v) is 1.50. The molecule has 0 fully saturated rings. The fourth-order valence-electron chi connectivity index (χ4n) is 0.532. The molecule has 0 saturated carbocycles. The van der Waals surface area contributed by atoms with E-state index < -0.39 is 0 Å². The highest BCUT2D eigenvalue weighted by molar-refractivity contribution is 6.31. The monoisotopic (exact) mass is 172 g/mol. The van der Waals surface area contributed by atoms with Gasteiger partial charge in [0.25, 0.3) is 0 Å². The van der Waals surface area contributed by atoms with Crippen LogP contribution in [0.25, 0.3) is 0 Å². The van der Waals surface area contributed by atoms with E-state index in [1.54, 1.807) is 0 Å². The fraction of sp³-hybridized carbons (Fsp3) is 0.375. The van der Waals surface area contributed by atoms with Crippen molar-refractivity contribution >= 4 is 18.3 Å². The van der Waals surface area contributed by atoms with E-state index in [9.17, 15) is 0 Å². The molecular weight excluding hydrogens is 160 g/mol. The second kappa shape index (κ2) is 6.13. The minimum absolute atomic E-state index is 0.556. The summed E-state index contributed by atoms with van der Waals surface area (Å²) in [7, 11) is 0. The van der Waals surface area contributed by atoms with Crippen LogP contribution in [0.3, 0.4) is 0 Å². The van der Waals surface area contributed by atoms with Gasteiger partial charge in [0.2, 0.25) is 0 Å². The zero-order valence-corrected chi connectivity index (χ0v) is 7.49. The molecule has 0 atom stereocenters. The predicted octanol–water partition coefficient (Wildman–Crippen LogP) is 1.93. The van der Waals surface area contributed by atoms with Crippen molar-refractivity contribution < 1.29 is 0 Å². The van der Waals surface area contributed by atoms with Crippen molar-refractivity contribution in [3.8, 4) is 0 Å². The van der Waals surface area contributed by atoms with Gasteiger partial charge in [-0.25, -0.2) is 0 Å². The number of nitrogens with one attached hydrogen (secondary N) is 1. The van der Waals surface area contributed by atoms with Crippen molar-refractivity contribution in [2.45, 2.75) is 6.92 Å². The van der Waals surface area contributed by atoms with E-state index in [4.69, 9.17) is 11.6 Å². The van der Waals surface area contributed by atoms with Crippen LogP contribution in [0.5, 0.6) is 0 Å². The average Bonchev–Trinajstić information content (AvgIpc) is 2.00. The van der Waals surface area contributed by atoms with E-state index in [2.05, 4.69) is 23.6 Å². The van der Waals surface area contributed by atoms with Gasteiger partial charge in [0.1, 0.15) is 0 Å². The van der Waals surface area contributed by atoms with Crippen molar-refractivity contribution in [2.75, 3.05) is 13.1 Å². The van der Waals surface area contributed by atoms with Crippen LogP contribution in [0.2, 0.25) is 0 Å². The van der Waals surface area contributed by atoms with Gasteiger partial charge in [-0.1, -0.05) is 25.1 Å². The molecule has 0 rings (SSSR count). The third-order valence-electron chi connectivity index (χ3n) is 1.13. The highest BCUT2D eigenvalue weighted by atomic mass is 35.5. The summed E-state index contributed by atoms with van der Waals surface area (Å²) in [5.74, 6) is 0. The largest absolute Gasteiger partial charge is 0.313 e. The van der Waals surface area contributed by atoms with Crippen molar-refractivity contribution in [3.63, 3.8) is 0 Å². The molecule has 0 amide bonds. The maximum Gasteiger partial charge on any atom is 0.0627 e. The quantitative estimate of drug-likeness (QED) is 0.498. The zero-order valence-electron chi connectivity index (χ0n) is 6.73. The molecule has 0 heterocycles. The molecule has 3 heteroatoms. The molecule has 0 aromatic heterocycles. The van der Waals surface area contributed by atoms with Crippen LogP contribution in [-0.4, -0.2) is 19.8 Å². The predicted molar refractivity (Wildman–Crippen MR) is 51.2 cm³/mol. The van der Waals surface area contributed by atoms with Crippen LogP contribution in [0.15, 0.2) is 28.4 Å². The molecule has 0 unspecified atom stereocenters. The first kappa shape index (κ1) is 10.4. The molecule has 0 aliphatic heterocycles. The number of aliphatic imine (C=N–C) groups is 1. The molecule has 11 heavy (non-hydrogen) atoms. The Morgan fingerprint density at radius 2 is 2.36 bits per heavy atom. The lowest BCUT2D eigenvalue weighted by Gasteiger charge is -2.02. The molecule has 0 aromatic rings. The van der Waals surface area contributed by atoms with Crippen LogP contribution in [0.4, 0.5) is 0 Å². The number of halogens is 1. The standard InChI is InChI=1S/C8H13ClN2/c1-4-11-5-7(2)8(9)6-10-3/h6,11H,2-5H2,1H3/b8-6+. The van der Waals surface area contributed by atoms with Gasteiger partial charge in [0, 0.05) is 12.7 Å². The van der Waals surface area contributed by atoms with Gasteiger partial charge in [0.05, 0.1) is 5.03 Å². The second-order valence-electron chi connectivity index (χ2n) is 2.04. The van der Waals surface area contributed by atoms with Crippen molar-refractivity contribution in [2.24, 2.45) is 4.99 Å². The first-order chi connectivity index (χ1) is 5.22. The summed E-state index contributed by atoms with van der Waals surface area (Å²) in [4.78, 5) is 3.53. The lowest BCUT2D eigenvalue weighted by atomic mass is 10.3. The van der Waals surface area contributed by atoms with Gasteiger partial charge in [-0.15, -0.1) is 0 Å². The summed E-state index contributed by atoms with van der Waals surface area (Å²) in [6, 6.07) is 0. The average molecular weight is 173 g/mol. The molecule has 2 nitrogen and oxygen atoms in total. The van der Waals surface area contributed by atoms with Gasteiger partial charge < -0.3 is 5.32 Å². The number of hydrogen-bond donors (Lipinski definition) is 1. The van der Waals surface area contributed by atoms with Crippen LogP contribution >= 0.6 is 11.6 Å². The highest BCUT2D eigenvalue weighted by Crippen LogP contribution is 2.10. The van der Waals surface area contributed by atoms with E-state index in [0.29, 0.717) is 11.6 Å². The fourth-order valence-corrected chi connectivity index (χ4v) is 0.668. The summed E-state index contributed by atoms with van der Waals surface area (Å²) >= 11 is 5.75. The topological polar surface area (TPSA) is 24.4 Å². The maximum atomic E-state index is 5.75. The van der Waals surface area contributed by atoms with Gasteiger partial charge in [-0.05, 0) is 18.8 Å². The van der Waals surface area contributed by atoms with Crippen molar-refractivity contribution in [1.29, 1.82) is 0 Å². The van der Waals surface area contributed by atoms with Crippen LogP contribution in [0, 0.1) is 0 Å². The van der Waals surface area contributed by atoms with Gasteiger partial charge >= 0.3 is 0 Å². The smallest absolute Gasteiger partial charge is 0.0627 e. The van der Waals surface area contributed by atoms with E-state index in [1.165, 1.54) is 6.20 Å². The summed E-state index contributed by atoms with van der Waals surface area (Å²) in [6.45, 7) is 10.7. The van der Waals surface area contributed by atoms with Gasteiger partial charge in [-0.2, -0.15) is 0 Å². The van der Waals surface area contributed by atoms with E-state index >= 15 is 0 Å². The van der Waals surface area contributed by atoms with E-state index in [0.717, 1.165) is 12.1 Å². The SMILES string of the molecule is C=N/C=C(/Cl)C(=C)CNCC. The number of rotatable bonds is 5. The molecule has 62 valence electrons. The molecule has 0 aromatic carbocycles. The van der Waals surface area contributed by atoms with E-state index in [-0.39, 0.29) is 0 Å². The van der Waals surface area contributed by atoms with Crippen molar-refractivity contribution in [3.05, 3.63) is 23.4 Å². The second-order valence-corrected chi connectivity index (χ2v) is 2.45. The molecule has 0 aliphatic rings. The highest BCUT2D eigenvalue weighted by Gasteiger charge is 1.96. The lowest BCUT2D eigenvalue weighted by Crippen LogP contribution is -2.15. The summed E-state index contributed by atoms with van der Waals surface area (Å²) in [6.07, 6.45) is 1.49. The Hall–Kier alpha value is -0.600. The first-order valence-electron chi connectivity index (χ1n) is 3.42. The summed E-state index contributed by atoms with van der Waals surface area (Å²) in [5.41, 5.74) is 0.834. The minimum atomic E-state index is 0.556. The zero-order chi connectivity index (χ0) is 8.69. The summed E-state index contributed by atoms with van der Waals surface area (Å²) in [5, 5.41) is 3.66. The van der Waals surface area contributed by atoms with Crippen LogP contribution in [-0.2, 0) is 0 Å². The number of nitrogens with zero attached hydrogens (tertiary/aromatic N) is 1. The van der Waals surface area contributed by atoms with Gasteiger partial charge in [0.15, 0.2) is 0 Å². The Labute approximate surface area is 72.7 Å². The third kappa shape index (κ3) is 4.76. The van der Waals surface area contributed by atoms with Crippen LogP contribution in [0.1, 0.15) is 6.92 Å². The molecule has 1 N–H and O–H groups in total. The Kier molecular flexibility index (Phi) is 5.80. The van der Waals surface area contributed by atoms with Crippen LogP contribution < -0.4 is 5.32 Å². The minimum Gasteiger partial charge on any atom is -0.313 e. The maximum absolute atomic E-state index is 5.75. The van der Waals surface area contributed by atoms with Crippen molar-refractivity contribution in [1.82, 2.24) is 5.32 Å². The Morgan fingerprint density at radius 1 is 1.73 bits per heavy atom. The Morgan fingerprint density at radius 3 is 2.82 bits per heavy atom. The molecule has 0 spiro atoms. The molecular formula is C8H13ClN2. The normalized spacial score (nSPS) is 11.3. The van der Waals surface area contributed by atoms with E-state index in [1.807, 2.05) is 6.92 Å². The summed E-state index contributed by atoms with van der Waals surface area (Å²) < 4.78 is 0. The molecule has 0 aliphatic carbocycles. The Bertz CT molecular complexity index is 173. The number of hydrogen-bond acceptors (Lipinski definition) is 2. The lowest BCUT2D eigenvalue weighted by molar-refractivity contribution is 0.784. The molecule has 0 saturated heterocycles. The number of likely N-dealkylation sites (N-methyl/N-ethyl adjacent to an activating group) is 1.